The van der Waals surface area contributed by atoms with Crippen molar-refractivity contribution in [3.05, 3.63) is 53.9 Å². The number of aryl methyl sites for hydroxylation is 1. The van der Waals surface area contributed by atoms with Crippen molar-refractivity contribution >= 4 is 5.91 Å². The summed E-state index contributed by atoms with van der Waals surface area (Å²) in [5, 5.41) is 4.14. The molecule has 1 aromatic heterocycles. The number of amides is 1. The molecule has 0 atom stereocenters. The topological polar surface area (TPSA) is 41.4 Å². The standard InChI is InChI=1S/C22H32N4O/c1-3-25(22(27)18-26-13-6-12-23-26)17-20-9-14-24(15-10-20)16-11-21-8-5-4-7-19(21)2/h4-8,12-13,20H,3,9-11,14-18H2,1-2H3. The van der Waals surface area contributed by atoms with Crippen molar-refractivity contribution < 1.29 is 4.79 Å². The summed E-state index contributed by atoms with van der Waals surface area (Å²) >= 11 is 0. The molecule has 0 N–H and O–H groups in total. The summed E-state index contributed by atoms with van der Waals surface area (Å²) in [7, 11) is 0. The first-order chi connectivity index (χ1) is 13.2. The maximum atomic E-state index is 12.5. The average Bonchev–Trinajstić information content (AvgIpc) is 3.19. The predicted molar refractivity (Wildman–Crippen MR) is 109 cm³/mol. The van der Waals surface area contributed by atoms with Gasteiger partial charge in [0, 0.05) is 32.0 Å². The minimum Gasteiger partial charge on any atom is -0.341 e. The zero-order valence-electron chi connectivity index (χ0n) is 16.7. The highest BCUT2D eigenvalue weighted by Gasteiger charge is 2.23. The number of rotatable bonds is 8. The molecular formula is C22H32N4O. The highest BCUT2D eigenvalue weighted by atomic mass is 16.2. The van der Waals surface area contributed by atoms with Gasteiger partial charge < -0.3 is 9.80 Å². The van der Waals surface area contributed by atoms with Crippen LogP contribution < -0.4 is 0 Å². The molecule has 0 spiro atoms. The van der Waals surface area contributed by atoms with Crippen LogP contribution in [0.3, 0.4) is 0 Å². The van der Waals surface area contributed by atoms with Gasteiger partial charge in [0.15, 0.2) is 0 Å². The SMILES string of the molecule is CCN(CC1CCN(CCc2ccccc2C)CC1)C(=O)Cn1cccn1. The van der Waals surface area contributed by atoms with Crippen molar-refractivity contribution in [3.8, 4) is 0 Å². The second-order valence-corrected chi connectivity index (χ2v) is 7.60. The lowest BCUT2D eigenvalue weighted by molar-refractivity contribution is -0.132. The molecule has 2 aromatic rings. The highest BCUT2D eigenvalue weighted by molar-refractivity contribution is 5.75. The second-order valence-electron chi connectivity index (χ2n) is 7.60. The van der Waals surface area contributed by atoms with E-state index >= 15 is 0 Å². The van der Waals surface area contributed by atoms with Crippen LogP contribution in [0.1, 0.15) is 30.9 Å². The van der Waals surface area contributed by atoms with Crippen LogP contribution in [-0.4, -0.2) is 58.2 Å². The highest BCUT2D eigenvalue weighted by Crippen LogP contribution is 2.19. The summed E-state index contributed by atoms with van der Waals surface area (Å²) in [6.45, 7) is 9.67. The molecular weight excluding hydrogens is 336 g/mol. The molecule has 27 heavy (non-hydrogen) atoms. The average molecular weight is 369 g/mol. The van der Waals surface area contributed by atoms with Gasteiger partial charge in [-0.05, 0) is 69.3 Å². The molecule has 2 heterocycles. The molecule has 0 bridgehead atoms. The Hall–Kier alpha value is -2.14. The normalized spacial score (nSPS) is 15.8. The van der Waals surface area contributed by atoms with Crippen LogP contribution in [0.15, 0.2) is 42.7 Å². The van der Waals surface area contributed by atoms with Gasteiger partial charge in [0.05, 0.1) is 0 Å². The summed E-state index contributed by atoms with van der Waals surface area (Å²) < 4.78 is 1.71. The zero-order chi connectivity index (χ0) is 19.1. The molecule has 1 aliphatic rings. The third-order valence-corrected chi connectivity index (χ3v) is 5.74. The van der Waals surface area contributed by atoms with Crippen LogP contribution in [0, 0.1) is 12.8 Å². The van der Waals surface area contributed by atoms with E-state index in [2.05, 4.69) is 48.1 Å². The first-order valence-corrected chi connectivity index (χ1v) is 10.2. The van der Waals surface area contributed by atoms with Gasteiger partial charge in [0.25, 0.3) is 0 Å². The van der Waals surface area contributed by atoms with Crippen molar-refractivity contribution in [1.82, 2.24) is 19.6 Å². The Balaban J connectivity index is 1.41. The van der Waals surface area contributed by atoms with Crippen LogP contribution in [-0.2, 0) is 17.8 Å². The van der Waals surface area contributed by atoms with E-state index in [1.165, 1.54) is 24.0 Å². The monoisotopic (exact) mass is 368 g/mol. The van der Waals surface area contributed by atoms with E-state index in [1.54, 1.807) is 10.9 Å². The lowest BCUT2D eigenvalue weighted by atomic mass is 9.95. The largest absolute Gasteiger partial charge is 0.341 e. The van der Waals surface area contributed by atoms with E-state index in [4.69, 9.17) is 0 Å². The molecule has 0 unspecified atom stereocenters. The van der Waals surface area contributed by atoms with E-state index in [1.807, 2.05) is 17.2 Å². The van der Waals surface area contributed by atoms with Crippen LogP contribution in [0.5, 0.6) is 0 Å². The minimum atomic E-state index is 0.170. The number of hydrogen-bond acceptors (Lipinski definition) is 3. The van der Waals surface area contributed by atoms with E-state index in [-0.39, 0.29) is 5.91 Å². The van der Waals surface area contributed by atoms with Crippen LogP contribution in [0.4, 0.5) is 0 Å². The quantitative estimate of drug-likeness (QED) is 0.719. The summed E-state index contributed by atoms with van der Waals surface area (Å²) in [6, 6.07) is 10.5. The molecule has 1 amide bonds. The lowest BCUT2D eigenvalue weighted by Gasteiger charge is -2.34. The first kappa shape index (κ1) is 19.6. The molecule has 0 radical (unpaired) electrons. The number of hydrogen-bond donors (Lipinski definition) is 0. The van der Waals surface area contributed by atoms with Crippen molar-refractivity contribution in [3.63, 3.8) is 0 Å². The Morgan fingerprint density at radius 2 is 2.00 bits per heavy atom. The molecule has 5 heteroatoms. The van der Waals surface area contributed by atoms with E-state index < -0.39 is 0 Å². The Kier molecular flexibility index (Phi) is 7.04. The molecule has 1 saturated heterocycles. The fourth-order valence-corrected chi connectivity index (χ4v) is 3.91. The summed E-state index contributed by atoms with van der Waals surface area (Å²) in [4.78, 5) is 17.1. The Bertz CT molecular complexity index is 705. The zero-order valence-corrected chi connectivity index (χ0v) is 16.7. The van der Waals surface area contributed by atoms with Gasteiger partial charge in [-0.1, -0.05) is 24.3 Å². The number of nitrogens with zero attached hydrogens (tertiary/aromatic N) is 4. The number of carbonyl (C=O) groups excluding carboxylic acids is 1. The van der Waals surface area contributed by atoms with Crippen molar-refractivity contribution in [1.29, 1.82) is 0 Å². The Morgan fingerprint density at radius 3 is 2.67 bits per heavy atom. The molecule has 146 valence electrons. The van der Waals surface area contributed by atoms with E-state index in [0.717, 1.165) is 39.1 Å². The van der Waals surface area contributed by atoms with Gasteiger partial charge in [-0.3, -0.25) is 9.48 Å². The summed E-state index contributed by atoms with van der Waals surface area (Å²) in [5.41, 5.74) is 2.85. The van der Waals surface area contributed by atoms with E-state index in [0.29, 0.717) is 12.5 Å². The minimum absolute atomic E-state index is 0.170. The Morgan fingerprint density at radius 1 is 1.22 bits per heavy atom. The summed E-state index contributed by atoms with van der Waals surface area (Å²) in [5.74, 6) is 0.782. The third kappa shape index (κ3) is 5.67. The van der Waals surface area contributed by atoms with Gasteiger partial charge in [-0.15, -0.1) is 0 Å². The smallest absolute Gasteiger partial charge is 0.244 e. The fourth-order valence-electron chi connectivity index (χ4n) is 3.91. The first-order valence-electron chi connectivity index (χ1n) is 10.2. The van der Waals surface area contributed by atoms with Crippen molar-refractivity contribution in [2.45, 2.75) is 39.7 Å². The summed E-state index contributed by atoms with van der Waals surface area (Å²) in [6.07, 6.45) is 7.05. The van der Waals surface area contributed by atoms with Crippen LogP contribution >= 0.6 is 0 Å². The third-order valence-electron chi connectivity index (χ3n) is 5.74. The molecule has 3 rings (SSSR count). The predicted octanol–water partition coefficient (Wildman–Crippen LogP) is 2.99. The van der Waals surface area contributed by atoms with Gasteiger partial charge >= 0.3 is 0 Å². The number of likely N-dealkylation sites (tertiary alicyclic amines) is 1. The van der Waals surface area contributed by atoms with Gasteiger partial charge in [-0.25, -0.2) is 0 Å². The fraction of sp³-hybridized carbons (Fsp3) is 0.545. The molecule has 1 aliphatic heterocycles. The van der Waals surface area contributed by atoms with E-state index in [9.17, 15) is 4.79 Å². The molecule has 0 saturated carbocycles. The van der Waals surface area contributed by atoms with Crippen LogP contribution in [0.2, 0.25) is 0 Å². The molecule has 0 aliphatic carbocycles. The molecule has 1 fully saturated rings. The number of benzene rings is 1. The maximum absolute atomic E-state index is 12.5. The molecule has 5 nitrogen and oxygen atoms in total. The Labute approximate surface area is 163 Å². The van der Waals surface area contributed by atoms with Crippen molar-refractivity contribution in [2.75, 3.05) is 32.7 Å². The van der Waals surface area contributed by atoms with Crippen molar-refractivity contribution in [2.24, 2.45) is 5.92 Å². The number of likely N-dealkylation sites (N-methyl/N-ethyl adjacent to an activating group) is 1. The maximum Gasteiger partial charge on any atom is 0.244 e. The van der Waals surface area contributed by atoms with Gasteiger partial charge in [0.2, 0.25) is 5.91 Å². The van der Waals surface area contributed by atoms with Gasteiger partial charge in [0.1, 0.15) is 6.54 Å². The number of carbonyl (C=O) groups is 1. The van der Waals surface area contributed by atoms with Crippen LogP contribution in [0.25, 0.3) is 0 Å². The van der Waals surface area contributed by atoms with Gasteiger partial charge in [-0.2, -0.15) is 5.10 Å². The second kappa shape index (κ2) is 9.70. The number of aromatic nitrogens is 2. The molecule has 1 aromatic carbocycles. The number of piperidine rings is 1. The lowest BCUT2D eigenvalue weighted by Crippen LogP contribution is -2.42.